The molecule has 1 aliphatic rings. The molecule has 0 radical (unpaired) electrons. The Morgan fingerprint density at radius 3 is 2.19 bits per heavy atom. The Kier molecular flexibility index (Phi) is 5.72. The normalized spacial score (nSPS) is 15.1. The van der Waals surface area contributed by atoms with Crippen molar-refractivity contribution in [3.8, 4) is 0 Å². The van der Waals surface area contributed by atoms with Gasteiger partial charge in [0, 0.05) is 31.5 Å². The number of carbonyl (C=O) groups is 2. The van der Waals surface area contributed by atoms with E-state index in [1.807, 2.05) is 74.2 Å². The van der Waals surface area contributed by atoms with Gasteiger partial charge in [-0.1, -0.05) is 24.3 Å². The largest absolute Gasteiger partial charge is 0.444 e. The lowest BCUT2D eigenvalue weighted by atomic mass is 10.0. The number of fused-ring (bicyclic) bond motifs is 1. The Morgan fingerprint density at radius 1 is 0.968 bits per heavy atom. The third kappa shape index (κ3) is 4.90. The number of nitrogens with zero attached hydrogens (tertiary/aromatic N) is 2. The second-order valence-electron chi connectivity index (χ2n) is 9.03. The van der Waals surface area contributed by atoms with Crippen molar-refractivity contribution in [3.63, 3.8) is 0 Å². The SMILES string of the molecule is CC(C)(C)OC(=O)Nc1cc2ccccc2cc1C(=O)N1CCC(n2cccc2)CC1. The minimum atomic E-state index is -0.620. The Labute approximate surface area is 182 Å². The maximum Gasteiger partial charge on any atom is 0.412 e. The van der Waals surface area contributed by atoms with Gasteiger partial charge in [0.25, 0.3) is 5.91 Å². The van der Waals surface area contributed by atoms with Crippen molar-refractivity contribution < 1.29 is 14.3 Å². The number of piperidine rings is 1. The average Bonchev–Trinajstić information content (AvgIpc) is 3.26. The molecule has 4 rings (SSSR count). The number of anilines is 1. The van der Waals surface area contributed by atoms with Gasteiger partial charge in [-0.05, 0) is 68.7 Å². The molecule has 1 aromatic heterocycles. The van der Waals surface area contributed by atoms with Crippen LogP contribution in [0.1, 0.15) is 50.0 Å². The molecule has 1 N–H and O–H groups in total. The van der Waals surface area contributed by atoms with Crippen LogP contribution in [0, 0.1) is 0 Å². The Hall–Kier alpha value is -3.28. The van der Waals surface area contributed by atoms with Crippen molar-refractivity contribution in [1.82, 2.24) is 9.47 Å². The lowest BCUT2D eigenvalue weighted by Crippen LogP contribution is -2.39. The molecule has 0 unspecified atom stereocenters. The van der Waals surface area contributed by atoms with Gasteiger partial charge in [-0.3, -0.25) is 10.1 Å². The maximum absolute atomic E-state index is 13.5. The van der Waals surface area contributed by atoms with Crippen LogP contribution < -0.4 is 5.32 Å². The summed E-state index contributed by atoms with van der Waals surface area (Å²) in [7, 11) is 0. The number of hydrogen-bond acceptors (Lipinski definition) is 3. The number of hydrogen-bond donors (Lipinski definition) is 1. The summed E-state index contributed by atoms with van der Waals surface area (Å²) in [6.07, 6.45) is 5.40. The van der Waals surface area contributed by atoms with E-state index in [-0.39, 0.29) is 5.91 Å². The summed E-state index contributed by atoms with van der Waals surface area (Å²) in [4.78, 5) is 27.8. The number of likely N-dealkylation sites (tertiary alicyclic amines) is 1. The highest BCUT2D eigenvalue weighted by molar-refractivity contribution is 6.07. The Morgan fingerprint density at radius 2 is 1.58 bits per heavy atom. The summed E-state index contributed by atoms with van der Waals surface area (Å²) in [5.41, 5.74) is 0.347. The molecule has 31 heavy (non-hydrogen) atoms. The number of ether oxygens (including phenoxy) is 1. The van der Waals surface area contributed by atoms with Crippen LogP contribution >= 0.6 is 0 Å². The molecule has 2 amide bonds. The van der Waals surface area contributed by atoms with Crippen molar-refractivity contribution in [2.45, 2.75) is 45.3 Å². The highest BCUT2D eigenvalue weighted by Crippen LogP contribution is 2.29. The van der Waals surface area contributed by atoms with Gasteiger partial charge < -0.3 is 14.2 Å². The molecule has 0 aliphatic carbocycles. The first kappa shape index (κ1) is 21.0. The molecule has 0 spiro atoms. The number of amides is 2. The molecule has 3 aromatic rings. The first-order valence-electron chi connectivity index (χ1n) is 10.7. The summed E-state index contributed by atoms with van der Waals surface area (Å²) in [5, 5.41) is 4.71. The zero-order valence-electron chi connectivity index (χ0n) is 18.3. The number of carbonyl (C=O) groups excluding carboxylic acids is 2. The predicted molar refractivity (Wildman–Crippen MR) is 122 cm³/mol. The minimum absolute atomic E-state index is 0.0669. The predicted octanol–water partition coefficient (Wildman–Crippen LogP) is 5.47. The summed E-state index contributed by atoms with van der Waals surface area (Å²) < 4.78 is 7.63. The van der Waals surface area contributed by atoms with Crippen molar-refractivity contribution >= 4 is 28.5 Å². The topological polar surface area (TPSA) is 63.6 Å². The highest BCUT2D eigenvalue weighted by atomic mass is 16.6. The fourth-order valence-electron chi connectivity index (χ4n) is 4.06. The van der Waals surface area contributed by atoms with E-state index in [0.717, 1.165) is 23.6 Å². The molecule has 6 nitrogen and oxygen atoms in total. The van der Waals surface area contributed by atoms with Crippen molar-refractivity contribution in [1.29, 1.82) is 0 Å². The molecule has 0 saturated carbocycles. The monoisotopic (exact) mass is 419 g/mol. The van der Waals surface area contributed by atoms with Crippen LogP contribution in [0.5, 0.6) is 0 Å². The molecular weight excluding hydrogens is 390 g/mol. The van der Waals surface area contributed by atoms with Gasteiger partial charge in [0.05, 0.1) is 11.3 Å². The van der Waals surface area contributed by atoms with Crippen molar-refractivity contribution in [2.24, 2.45) is 0 Å². The smallest absolute Gasteiger partial charge is 0.412 e. The van der Waals surface area contributed by atoms with E-state index >= 15 is 0 Å². The van der Waals surface area contributed by atoms with Crippen LogP contribution in [0.4, 0.5) is 10.5 Å². The zero-order chi connectivity index (χ0) is 22.0. The highest BCUT2D eigenvalue weighted by Gasteiger charge is 2.27. The van der Waals surface area contributed by atoms with Gasteiger partial charge in [-0.25, -0.2) is 4.79 Å². The van der Waals surface area contributed by atoms with E-state index in [2.05, 4.69) is 22.3 Å². The standard InChI is InChI=1S/C25H29N3O3/c1-25(2,3)31-24(30)26-22-17-19-9-5-4-8-18(19)16-21(22)23(29)28-14-10-20(11-15-28)27-12-6-7-13-27/h4-9,12-13,16-17,20H,10-11,14-15H2,1-3H3,(H,26,30). The number of nitrogens with one attached hydrogen (secondary N) is 1. The second kappa shape index (κ2) is 8.46. The summed E-state index contributed by atoms with van der Waals surface area (Å²) >= 11 is 0. The summed E-state index contributed by atoms with van der Waals surface area (Å²) in [6.45, 7) is 6.80. The molecule has 1 fully saturated rings. The molecule has 2 aromatic carbocycles. The van der Waals surface area contributed by atoms with Gasteiger partial charge in [0.2, 0.25) is 0 Å². The van der Waals surface area contributed by atoms with E-state index < -0.39 is 11.7 Å². The van der Waals surface area contributed by atoms with Crippen LogP contribution in [0.3, 0.4) is 0 Å². The Bertz CT molecular complexity index is 1080. The van der Waals surface area contributed by atoms with Gasteiger partial charge in [0.15, 0.2) is 0 Å². The molecular formula is C25H29N3O3. The molecule has 0 bridgehead atoms. The molecule has 162 valence electrons. The number of rotatable bonds is 3. The van der Waals surface area contributed by atoms with Crippen LogP contribution in [0.15, 0.2) is 60.9 Å². The van der Waals surface area contributed by atoms with Crippen LogP contribution in [0.2, 0.25) is 0 Å². The molecule has 1 saturated heterocycles. The zero-order valence-corrected chi connectivity index (χ0v) is 18.3. The van der Waals surface area contributed by atoms with E-state index in [1.54, 1.807) is 0 Å². The summed E-state index contributed by atoms with van der Waals surface area (Å²) in [6, 6.07) is 16.0. The van der Waals surface area contributed by atoms with Crippen molar-refractivity contribution in [2.75, 3.05) is 18.4 Å². The average molecular weight is 420 g/mol. The van der Waals surface area contributed by atoms with E-state index in [9.17, 15) is 9.59 Å². The van der Waals surface area contributed by atoms with Gasteiger partial charge in [-0.2, -0.15) is 0 Å². The van der Waals surface area contributed by atoms with Crippen LogP contribution in [-0.2, 0) is 4.74 Å². The maximum atomic E-state index is 13.5. The first-order valence-corrected chi connectivity index (χ1v) is 10.7. The van der Waals surface area contributed by atoms with Crippen LogP contribution in [0.25, 0.3) is 10.8 Å². The van der Waals surface area contributed by atoms with Gasteiger partial charge in [-0.15, -0.1) is 0 Å². The fraction of sp³-hybridized carbons (Fsp3) is 0.360. The van der Waals surface area contributed by atoms with Crippen LogP contribution in [-0.4, -0.2) is 40.2 Å². The van der Waals surface area contributed by atoms with E-state index in [0.29, 0.717) is 30.4 Å². The Balaban J connectivity index is 1.57. The van der Waals surface area contributed by atoms with Gasteiger partial charge >= 0.3 is 6.09 Å². The molecule has 0 atom stereocenters. The lowest BCUT2D eigenvalue weighted by molar-refractivity contribution is 0.0636. The minimum Gasteiger partial charge on any atom is -0.444 e. The molecule has 6 heteroatoms. The summed E-state index contributed by atoms with van der Waals surface area (Å²) in [5.74, 6) is -0.0669. The third-order valence-electron chi connectivity index (χ3n) is 5.55. The lowest BCUT2D eigenvalue weighted by Gasteiger charge is -2.33. The fourth-order valence-corrected chi connectivity index (χ4v) is 4.06. The molecule has 2 heterocycles. The quantitative estimate of drug-likeness (QED) is 0.613. The van der Waals surface area contributed by atoms with E-state index in [1.165, 1.54) is 0 Å². The van der Waals surface area contributed by atoms with Gasteiger partial charge in [0.1, 0.15) is 5.60 Å². The van der Waals surface area contributed by atoms with Crippen molar-refractivity contribution in [3.05, 3.63) is 66.5 Å². The molecule has 1 aliphatic heterocycles. The number of benzene rings is 2. The second-order valence-corrected chi connectivity index (χ2v) is 9.03. The first-order chi connectivity index (χ1) is 14.8. The van der Waals surface area contributed by atoms with E-state index in [4.69, 9.17) is 4.74 Å². The third-order valence-corrected chi connectivity index (χ3v) is 5.55. The number of aromatic nitrogens is 1.